The summed E-state index contributed by atoms with van der Waals surface area (Å²) in [6, 6.07) is 12.0. The Kier molecular flexibility index (Phi) is 5.07. The predicted molar refractivity (Wildman–Crippen MR) is 104 cm³/mol. The lowest BCUT2D eigenvalue weighted by Crippen LogP contribution is -2.33. The molecule has 0 aliphatic heterocycles. The van der Waals surface area contributed by atoms with Gasteiger partial charge in [-0.15, -0.1) is 0 Å². The Morgan fingerprint density at radius 3 is 2.41 bits per heavy atom. The maximum atomic E-state index is 12.3. The molecule has 0 spiro atoms. The van der Waals surface area contributed by atoms with Gasteiger partial charge < -0.3 is 15.1 Å². The first-order chi connectivity index (χ1) is 12.8. The molecule has 6 nitrogen and oxygen atoms in total. The average Bonchev–Trinajstić information content (AvgIpc) is 2.63. The van der Waals surface area contributed by atoms with Crippen LogP contribution in [0.25, 0.3) is 11.0 Å². The third-order valence-electron chi connectivity index (χ3n) is 4.26. The van der Waals surface area contributed by atoms with Crippen molar-refractivity contribution in [2.24, 2.45) is 0 Å². The number of aryl methyl sites for hydroxylation is 3. The van der Waals surface area contributed by atoms with Gasteiger partial charge in [0.1, 0.15) is 5.58 Å². The first kappa shape index (κ1) is 18.4. The van der Waals surface area contributed by atoms with Crippen LogP contribution < -0.4 is 16.1 Å². The van der Waals surface area contributed by atoms with Crippen LogP contribution >= 0.6 is 0 Å². The van der Waals surface area contributed by atoms with Crippen LogP contribution in [0.3, 0.4) is 0 Å². The molecule has 0 saturated heterocycles. The van der Waals surface area contributed by atoms with Crippen LogP contribution in [0.4, 0.5) is 5.69 Å². The summed E-state index contributed by atoms with van der Waals surface area (Å²) in [5.74, 6) is -1.11. The molecule has 0 radical (unpaired) electrons. The second-order valence-corrected chi connectivity index (χ2v) is 6.47. The Morgan fingerprint density at radius 1 is 1.00 bits per heavy atom. The van der Waals surface area contributed by atoms with E-state index in [4.69, 9.17) is 4.42 Å². The zero-order chi connectivity index (χ0) is 19.6. The third-order valence-corrected chi connectivity index (χ3v) is 4.26. The van der Waals surface area contributed by atoms with Gasteiger partial charge in [0.15, 0.2) is 11.2 Å². The van der Waals surface area contributed by atoms with E-state index >= 15 is 0 Å². The lowest BCUT2D eigenvalue weighted by molar-refractivity contribution is -0.115. The van der Waals surface area contributed by atoms with Crippen molar-refractivity contribution in [1.29, 1.82) is 0 Å². The van der Waals surface area contributed by atoms with Gasteiger partial charge in [0.2, 0.25) is 5.91 Å². The minimum Gasteiger partial charge on any atom is -0.451 e. The predicted octanol–water partition coefficient (Wildman–Crippen LogP) is 3.09. The van der Waals surface area contributed by atoms with E-state index in [-0.39, 0.29) is 23.6 Å². The van der Waals surface area contributed by atoms with Gasteiger partial charge in [0, 0.05) is 11.8 Å². The Labute approximate surface area is 156 Å². The molecule has 1 heterocycles. The van der Waals surface area contributed by atoms with Gasteiger partial charge in [-0.05, 0) is 44.0 Å². The molecule has 0 saturated carbocycles. The molecular weight excluding hydrogens is 344 g/mol. The van der Waals surface area contributed by atoms with Gasteiger partial charge in [-0.25, -0.2) is 0 Å². The number of carbonyl (C=O) groups excluding carboxylic acids is 2. The second-order valence-electron chi connectivity index (χ2n) is 6.47. The van der Waals surface area contributed by atoms with Crippen molar-refractivity contribution < 1.29 is 14.0 Å². The first-order valence-corrected chi connectivity index (χ1v) is 8.54. The molecule has 3 aromatic rings. The number of carbonyl (C=O) groups is 2. The van der Waals surface area contributed by atoms with Crippen LogP contribution in [0.5, 0.6) is 0 Å². The fourth-order valence-corrected chi connectivity index (χ4v) is 2.82. The highest BCUT2D eigenvalue weighted by atomic mass is 16.3. The van der Waals surface area contributed by atoms with Crippen molar-refractivity contribution in [3.05, 3.63) is 75.1 Å². The molecule has 0 fully saturated rings. The number of para-hydroxylation sites is 1. The van der Waals surface area contributed by atoms with Crippen molar-refractivity contribution in [2.75, 3.05) is 11.9 Å². The molecule has 0 unspecified atom stereocenters. The van der Waals surface area contributed by atoms with Crippen LogP contribution in [-0.4, -0.2) is 18.4 Å². The summed E-state index contributed by atoms with van der Waals surface area (Å²) < 4.78 is 5.50. The zero-order valence-electron chi connectivity index (χ0n) is 15.4. The van der Waals surface area contributed by atoms with Gasteiger partial charge in [-0.1, -0.05) is 29.8 Å². The average molecular weight is 364 g/mol. The van der Waals surface area contributed by atoms with Crippen LogP contribution in [0.1, 0.15) is 27.2 Å². The molecule has 0 atom stereocenters. The van der Waals surface area contributed by atoms with Crippen molar-refractivity contribution in [3.8, 4) is 0 Å². The molecule has 0 aliphatic carbocycles. The summed E-state index contributed by atoms with van der Waals surface area (Å²) in [6.45, 7) is 5.43. The summed E-state index contributed by atoms with van der Waals surface area (Å²) in [5, 5.41) is 5.68. The summed E-state index contributed by atoms with van der Waals surface area (Å²) in [6.07, 6.45) is 0. The van der Waals surface area contributed by atoms with Crippen LogP contribution in [-0.2, 0) is 4.79 Å². The van der Waals surface area contributed by atoms with E-state index in [1.165, 1.54) is 0 Å². The van der Waals surface area contributed by atoms with Crippen molar-refractivity contribution >= 4 is 28.5 Å². The summed E-state index contributed by atoms with van der Waals surface area (Å²) in [5.41, 5.74) is 3.55. The number of benzene rings is 2. The maximum absolute atomic E-state index is 12.3. The standard InChI is InChI=1S/C21H20N2O4/c1-12-7-8-17-15(9-12)16(24)10-18(27-17)21(26)22-11-19(25)23-20-13(2)5-4-6-14(20)3/h4-10H,11H2,1-3H3,(H,22,26)(H,23,25). The Balaban J connectivity index is 1.71. The van der Waals surface area contributed by atoms with E-state index in [1.54, 1.807) is 18.2 Å². The number of hydrogen-bond acceptors (Lipinski definition) is 4. The summed E-state index contributed by atoms with van der Waals surface area (Å²) in [7, 11) is 0. The fourth-order valence-electron chi connectivity index (χ4n) is 2.82. The van der Waals surface area contributed by atoms with Gasteiger partial charge in [0.25, 0.3) is 5.91 Å². The number of anilines is 1. The minimum absolute atomic E-state index is 0.128. The highest BCUT2D eigenvalue weighted by molar-refractivity contribution is 5.99. The lowest BCUT2D eigenvalue weighted by Gasteiger charge is -2.11. The topological polar surface area (TPSA) is 88.4 Å². The first-order valence-electron chi connectivity index (χ1n) is 8.54. The highest BCUT2D eigenvalue weighted by Gasteiger charge is 2.14. The van der Waals surface area contributed by atoms with Crippen LogP contribution in [0.15, 0.2) is 51.7 Å². The maximum Gasteiger partial charge on any atom is 0.287 e. The van der Waals surface area contributed by atoms with Gasteiger partial charge in [-0.3, -0.25) is 14.4 Å². The smallest absolute Gasteiger partial charge is 0.287 e. The van der Waals surface area contributed by atoms with Gasteiger partial charge in [-0.2, -0.15) is 0 Å². The van der Waals surface area contributed by atoms with Gasteiger partial charge >= 0.3 is 0 Å². The number of rotatable bonds is 4. The van der Waals surface area contributed by atoms with Gasteiger partial charge in [0.05, 0.1) is 11.9 Å². The molecule has 0 aliphatic rings. The largest absolute Gasteiger partial charge is 0.451 e. The monoisotopic (exact) mass is 364 g/mol. The SMILES string of the molecule is Cc1ccc2oc(C(=O)NCC(=O)Nc3c(C)cccc3C)cc(=O)c2c1. The molecule has 27 heavy (non-hydrogen) atoms. The number of fused-ring (bicyclic) bond motifs is 1. The quantitative estimate of drug-likeness (QED) is 0.745. The molecule has 2 aromatic carbocycles. The second kappa shape index (κ2) is 7.45. The van der Waals surface area contributed by atoms with E-state index in [9.17, 15) is 14.4 Å². The molecule has 6 heteroatoms. The Bertz CT molecular complexity index is 1080. The van der Waals surface area contributed by atoms with E-state index in [2.05, 4.69) is 10.6 Å². The Hall–Kier alpha value is -3.41. The Morgan fingerprint density at radius 2 is 1.70 bits per heavy atom. The zero-order valence-corrected chi connectivity index (χ0v) is 15.4. The van der Waals surface area contributed by atoms with Crippen molar-refractivity contribution in [3.63, 3.8) is 0 Å². The highest BCUT2D eigenvalue weighted by Crippen LogP contribution is 2.19. The lowest BCUT2D eigenvalue weighted by atomic mass is 10.1. The van der Waals surface area contributed by atoms with E-state index in [0.29, 0.717) is 11.0 Å². The minimum atomic E-state index is -0.619. The molecule has 138 valence electrons. The normalized spacial score (nSPS) is 10.6. The van der Waals surface area contributed by atoms with E-state index in [0.717, 1.165) is 28.4 Å². The molecule has 2 N–H and O–H groups in total. The number of hydrogen-bond donors (Lipinski definition) is 2. The van der Waals surface area contributed by atoms with Crippen LogP contribution in [0.2, 0.25) is 0 Å². The molecular formula is C21H20N2O4. The summed E-state index contributed by atoms with van der Waals surface area (Å²) in [4.78, 5) is 36.6. The number of amides is 2. The van der Waals surface area contributed by atoms with Crippen molar-refractivity contribution in [1.82, 2.24) is 5.32 Å². The van der Waals surface area contributed by atoms with Crippen LogP contribution in [0, 0.1) is 20.8 Å². The molecule has 0 bridgehead atoms. The number of nitrogens with one attached hydrogen (secondary N) is 2. The summed E-state index contributed by atoms with van der Waals surface area (Å²) >= 11 is 0. The molecule has 1 aromatic heterocycles. The fraction of sp³-hybridized carbons (Fsp3) is 0.190. The van der Waals surface area contributed by atoms with Crippen molar-refractivity contribution in [2.45, 2.75) is 20.8 Å². The van der Waals surface area contributed by atoms with E-state index in [1.807, 2.05) is 39.0 Å². The van der Waals surface area contributed by atoms with E-state index < -0.39 is 5.91 Å². The third kappa shape index (κ3) is 4.06. The molecule has 3 rings (SSSR count). The molecule has 2 amide bonds.